The Morgan fingerprint density at radius 1 is 1.13 bits per heavy atom. The molecule has 1 aliphatic rings. The number of hydrogen-bond acceptors (Lipinski definition) is 6. The first-order chi connectivity index (χ1) is 15.1. The van der Waals surface area contributed by atoms with E-state index < -0.39 is 6.10 Å². The molecule has 0 N–H and O–H groups in total. The number of rotatable bonds is 4. The summed E-state index contributed by atoms with van der Waals surface area (Å²) in [6, 6.07) is 15.3. The van der Waals surface area contributed by atoms with E-state index in [2.05, 4.69) is 31.0 Å². The van der Waals surface area contributed by atoms with E-state index in [0.717, 1.165) is 21.3 Å². The van der Waals surface area contributed by atoms with Crippen molar-refractivity contribution in [1.29, 1.82) is 0 Å². The lowest BCUT2D eigenvalue weighted by Crippen LogP contribution is -2.46. The molecule has 0 radical (unpaired) electrons. The third-order valence-corrected chi connectivity index (χ3v) is 6.46. The monoisotopic (exact) mass is 431 g/mol. The molecule has 0 aliphatic carbocycles. The molecule has 5 rings (SSSR count). The summed E-state index contributed by atoms with van der Waals surface area (Å²) in [7, 11) is 0. The number of carbonyl (C=O) groups excluding carboxylic acids is 1. The van der Waals surface area contributed by atoms with Gasteiger partial charge in [-0.3, -0.25) is 14.7 Å². The van der Waals surface area contributed by atoms with E-state index >= 15 is 0 Å². The maximum absolute atomic E-state index is 13.6. The standard InChI is InChI=1S/C24H21N3O3S/c1-15-9-10-21-22(16(15)2)26-24(31-21)27(13-17-6-5-11-25-12-17)23(28)20-14-29-18-7-3-4-8-19(18)30-20/h3-12,20H,13-14H2,1-2H3/t20-/m0/s1. The molecular weight excluding hydrogens is 410 g/mol. The number of anilines is 1. The lowest BCUT2D eigenvalue weighted by atomic mass is 10.1. The maximum atomic E-state index is 13.6. The Kier molecular flexibility index (Phi) is 5.03. The summed E-state index contributed by atoms with van der Waals surface area (Å²) >= 11 is 1.50. The molecule has 0 unspecified atom stereocenters. The maximum Gasteiger partial charge on any atom is 0.273 e. The van der Waals surface area contributed by atoms with Crippen LogP contribution in [0, 0.1) is 13.8 Å². The van der Waals surface area contributed by atoms with Crippen molar-refractivity contribution in [2.24, 2.45) is 0 Å². The Bertz CT molecular complexity index is 1260. The van der Waals surface area contributed by atoms with E-state index in [4.69, 9.17) is 14.5 Å². The Hall–Kier alpha value is -3.45. The molecule has 1 aliphatic heterocycles. The molecule has 31 heavy (non-hydrogen) atoms. The van der Waals surface area contributed by atoms with E-state index in [1.807, 2.05) is 36.4 Å². The highest BCUT2D eigenvalue weighted by atomic mass is 32.1. The lowest BCUT2D eigenvalue weighted by Gasteiger charge is -2.29. The zero-order valence-corrected chi connectivity index (χ0v) is 18.1. The van der Waals surface area contributed by atoms with Crippen LogP contribution in [0.4, 0.5) is 5.13 Å². The van der Waals surface area contributed by atoms with Gasteiger partial charge >= 0.3 is 0 Å². The van der Waals surface area contributed by atoms with Gasteiger partial charge in [0.25, 0.3) is 5.91 Å². The largest absolute Gasteiger partial charge is 0.485 e. The van der Waals surface area contributed by atoms with Crippen molar-refractivity contribution >= 4 is 32.6 Å². The molecule has 0 saturated carbocycles. The van der Waals surface area contributed by atoms with Crippen LogP contribution >= 0.6 is 11.3 Å². The quantitative estimate of drug-likeness (QED) is 0.469. The SMILES string of the molecule is Cc1ccc2sc(N(Cc3cccnc3)C(=O)[C@@H]3COc4ccccc4O3)nc2c1C. The minimum Gasteiger partial charge on any atom is -0.485 e. The van der Waals surface area contributed by atoms with E-state index in [-0.39, 0.29) is 12.5 Å². The van der Waals surface area contributed by atoms with Gasteiger partial charge in [0.1, 0.15) is 6.61 Å². The van der Waals surface area contributed by atoms with Crippen molar-refractivity contribution in [1.82, 2.24) is 9.97 Å². The fraction of sp³-hybridized carbons (Fsp3) is 0.208. The summed E-state index contributed by atoms with van der Waals surface area (Å²) < 4.78 is 12.8. The van der Waals surface area contributed by atoms with Gasteiger partial charge in [-0.1, -0.05) is 35.6 Å². The zero-order chi connectivity index (χ0) is 21.4. The number of nitrogens with zero attached hydrogens (tertiary/aromatic N) is 3. The number of thiazole rings is 1. The number of benzene rings is 2. The van der Waals surface area contributed by atoms with Crippen molar-refractivity contribution in [3.63, 3.8) is 0 Å². The van der Waals surface area contributed by atoms with E-state index in [1.165, 1.54) is 16.9 Å². The van der Waals surface area contributed by atoms with Gasteiger partial charge in [0.05, 0.1) is 16.8 Å². The predicted molar refractivity (Wildman–Crippen MR) is 121 cm³/mol. The number of amides is 1. The van der Waals surface area contributed by atoms with Crippen molar-refractivity contribution in [3.8, 4) is 11.5 Å². The van der Waals surface area contributed by atoms with Crippen LogP contribution in [0.5, 0.6) is 11.5 Å². The lowest BCUT2D eigenvalue weighted by molar-refractivity contribution is -0.127. The number of pyridine rings is 1. The third-order valence-electron chi connectivity index (χ3n) is 5.42. The van der Waals surface area contributed by atoms with Crippen LogP contribution in [0.25, 0.3) is 10.2 Å². The van der Waals surface area contributed by atoms with Crippen LogP contribution in [0.3, 0.4) is 0 Å². The number of fused-ring (bicyclic) bond motifs is 2. The minimum atomic E-state index is -0.749. The van der Waals surface area contributed by atoms with Crippen LogP contribution in [0.2, 0.25) is 0 Å². The number of carbonyl (C=O) groups is 1. The van der Waals surface area contributed by atoms with Crippen LogP contribution in [0.15, 0.2) is 60.9 Å². The molecule has 4 aromatic rings. The van der Waals surface area contributed by atoms with Gasteiger partial charge in [-0.25, -0.2) is 4.98 Å². The molecule has 7 heteroatoms. The summed E-state index contributed by atoms with van der Waals surface area (Å²) in [5.74, 6) is 1.03. The molecule has 6 nitrogen and oxygen atoms in total. The molecule has 0 spiro atoms. The number of hydrogen-bond donors (Lipinski definition) is 0. The Morgan fingerprint density at radius 2 is 1.97 bits per heavy atom. The van der Waals surface area contributed by atoms with Gasteiger partial charge in [0.2, 0.25) is 6.10 Å². The van der Waals surface area contributed by atoms with Crippen LogP contribution < -0.4 is 14.4 Å². The molecule has 1 amide bonds. The van der Waals surface area contributed by atoms with E-state index in [0.29, 0.717) is 23.2 Å². The number of para-hydroxylation sites is 2. The van der Waals surface area contributed by atoms with Crippen molar-refractivity contribution < 1.29 is 14.3 Å². The van der Waals surface area contributed by atoms with E-state index in [1.54, 1.807) is 17.3 Å². The van der Waals surface area contributed by atoms with Gasteiger partial charge in [-0.2, -0.15) is 0 Å². The summed E-state index contributed by atoms with van der Waals surface area (Å²) in [5.41, 5.74) is 4.14. The van der Waals surface area contributed by atoms with Crippen molar-refractivity contribution in [2.75, 3.05) is 11.5 Å². The summed E-state index contributed by atoms with van der Waals surface area (Å²) in [4.78, 5) is 24.3. The Morgan fingerprint density at radius 3 is 2.77 bits per heavy atom. The normalized spacial score (nSPS) is 15.1. The molecule has 2 aromatic carbocycles. The second-order valence-electron chi connectivity index (χ2n) is 7.50. The summed E-state index contributed by atoms with van der Waals surface area (Å²) in [5, 5.41) is 0.639. The average Bonchev–Trinajstić information content (AvgIpc) is 3.25. The fourth-order valence-electron chi connectivity index (χ4n) is 3.56. The molecule has 2 aromatic heterocycles. The molecule has 1 atom stereocenters. The second kappa shape index (κ2) is 8.00. The molecule has 0 saturated heterocycles. The van der Waals surface area contributed by atoms with Gasteiger partial charge in [0.15, 0.2) is 16.6 Å². The highest BCUT2D eigenvalue weighted by Gasteiger charge is 2.33. The molecule has 3 heterocycles. The van der Waals surface area contributed by atoms with E-state index in [9.17, 15) is 4.79 Å². The molecule has 0 fully saturated rings. The second-order valence-corrected chi connectivity index (χ2v) is 8.51. The third kappa shape index (κ3) is 3.72. The Labute approximate surface area is 184 Å². The smallest absolute Gasteiger partial charge is 0.273 e. The summed E-state index contributed by atoms with van der Waals surface area (Å²) in [6.45, 7) is 4.63. The molecule has 156 valence electrons. The highest BCUT2D eigenvalue weighted by Crippen LogP contribution is 2.35. The van der Waals surface area contributed by atoms with Crippen LogP contribution in [-0.4, -0.2) is 28.6 Å². The van der Waals surface area contributed by atoms with Crippen LogP contribution in [-0.2, 0) is 11.3 Å². The van der Waals surface area contributed by atoms with Gasteiger partial charge in [0, 0.05) is 12.4 Å². The van der Waals surface area contributed by atoms with Gasteiger partial charge in [-0.15, -0.1) is 0 Å². The first kappa shape index (κ1) is 19.5. The molecule has 0 bridgehead atoms. The topological polar surface area (TPSA) is 64.6 Å². The summed E-state index contributed by atoms with van der Waals surface area (Å²) in [6.07, 6.45) is 2.73. The van der Waals surface area contributed by atoms with Gasteiger partial charge in [-0.05, 0) is 54.8 Å². The van der Waals surface area contributed by atoms with Crippen molar-refractivity contribution in [3.05, 3.63) is 77.6 Å². The number of aryl methyl sites for hydroxylation is 2. The predicted octanol–water partition coefficient (Wildman–Crippen LogP) is 4.68. The number of ether oxygens (including phenoxy) is 2. The first-order valence-electron chi connectivity index (χ1n) is 10.1. The Balaban J connectivity index is 1.52. The first-order valence-corrected chi connectivity index (χ1v) is 10.9. The number of aromatic nitrogens is 2. The fourth-order valence-corrected chi connectivity index (χ4v) is 4.59. The minimum absolute atomic E-state index is 0.155. The highest BCUT2D eigenvalue weighted by molar-refractivity contribution is 7.22. The van der Waals surface area contributed by atoms with Gasteiger partial charge < -0.3 is 9.47 Å². The average molecular weight is 432 g/mol. The van der Waals surface area contributed by atoms with Crippen LogP contribution in [0.1, 0.15) is 16.7 Å². The van der Waals surface area contributed by atoms with Crippen molar-refractivity contribution in [2.45, 2.75) is 26.5 Å². The molecular formula is C24H21N3O3S. The zero-order valence-electron chi connectivity index (χ0n) is 17.2.